The van der Waals surface area contributed by atoms with Crippen LogP contribution in [0.15, 0.2) is 0 Å². The second-order valence-corrected chi connectivity index (χ2v) is 3.92. The van der Waals surface area contributed by atoms with Crippen molar-refractivity contribution < 1.29 is 14.3 Å². The van der Waals surface area contributed by atoms with E-state index in [0.29, 0.717) is 0 Å². The largest absolute Gasteiger partial charge is 0.468 e. The SMILES string of the molecule is CCN(CC1CCCO1)C(C)C(=O)OC. The van der Waals surface area contributed by atoms with Gasteiger partial charge in [-0.3, -0.25) is 9.69 Å². The van der Waals surface area contributed by atoms with E-state index in [-0.39, 0.29) is 18.1 Å². The molecule has 0 aromatic rings. The number of likely N-dealkylation sites (N-methyl/N-ethyl adjacent to an activating group) is 1. The molecule has 2 atom stereocenters. The monoisotopic (exact) mass is 215 g/mol. The van der Waals surface area contributed by atoms with Crippen LogP contribution < -0.4 is 0 Å². The third-order valence-electron chi connectivity index (χ3n) is 2.96. The number of nitrogens with zero attached hydrogens (tertiary/aromatic N) is 1. The molecule has 0 aliphatic carbocycles. The van der Waals surface area contributed by atoms with Crippen LogP contribution in [0.1, 0.15) is 26.7 Å². The molecule has 1 rings (SSSR count). The standard InChI is InChI=1S/C11H21NO3/c1-4-12(9(2)11(13)14-3)8-10-6-5-7-15-10/h9-10H,4-8H2,1-3H3. The fraction of sp³-hybridized carbons (Fsp3) is 0.909. The zero-order valence-corrected chi connectivity index (χ0v) is 9.86. The number of esters is 1. The number of ether oxygens (including phenoxy) is 2. The highest BCUT2D eigenvalue weighted by Gasteiger charge is 2.25. The molecule has 0 bridgehead atoms. The molecule has 0 saturated carbocycles. The summed E-state index contributed by atoms with van der Waals surface area (Å²) in [5, 5.41) is 0. The highest BCUT2D eigenvalue weighted by Crippen LogP contribution is 2.14. The van der Waals surface area contributed by atoms with Gasteiger partial charge in [0.15, 0.2) is 0 Å². The first kappa shape index (κ1) is 12.5. The van der Waals surface area contributed by atoms with E-state index in [4.69, 9.17) is 9.47 Å². The molecule has 88 valence electrons. The van der Waals surface area contributed by atoms with Crippen LogP contribution in [0.4, 0.5) is 0 Å². The Hall–Kier alpha value is -0.610. The van der Waals surface area contributed by atoms with Gasteiger partial charge < -0.3 is 9.47 Å². The second kappa shape index (κ2) is 6.08. The normalized spacial score (nSPS) is 23.1. The quantitative estimate of drug-likeness (QED) is 0.643. The Morgan fingerprint density at radius 3 is 2.87 bits per heavy atom. The number of hydrogen-bond acceptors (Lipinski definition) is 4. The van der Waals surface area contributed by atoms with Crippen LogP contribution >= 0.6 is 0 Å². The topological polar surface area (TPSA) is 38.8 Å². The number of methoxy groups -OCH3 is 1. The average molecular weight is 215 g/mol. The van der Waals surface area contributed by atoms with Crippen LogP contribution in [0.5, 0.6) is 0 Å². The van der Waals surface area contributed by atoms with Crippen LogP contribution in [-0.4, -0.2) is 49.8 Å². The van der Waals surface area contributed by atoms with Gasteiger partial charge in [0.2, 0.25) is 0 Å². The maximum atomic E-state index is 11.4. The lowest BCUT2D eigenvalue weighted by Crippen LogP contribution is -2.43. The van der Waals surface area contributed by atoms with Crippen molar-refractivity contribution in [2.75, 3.05) is 26.8 Å². The molecule has 0 radical (unpaired) electrons. The first-order chi connectivity index (χ1) is 7.19. The minimum atomic E-state index is -0.177. The van der Waals surface area contributed by atoms with Gasteiger partial charge in [0.25, 0.3) is 0 Å². The van der Waals surface area contributed by atoms with E-state index < -0.39 is 0 Å². The lowest BCUT2D eigenvalue weighted by atomic mass is 10.2. The molecule has 15 heavy (non-hydrogen) atoms. The zero-order valence-electron chi connectivity index (χ0n) is 9.86. The van der Waals surface area contributed by atoms with Gasteiger partial charge in [-0.05, 0) is 26.3 Å². The average Bonchev–Trinajstić information content (AvgIpc) is 2.76. The molecule has 4 heteroatoms. The van der Waals surface area contributed by atoms with Crippen LogP contribution in [-0.2, 0) is 14.3 Å². The van der Waals surface area contributed by atoms with Gasteiger partial charge in [-0.1, -0.05) is 6.92 Å². The molecule has 0 aromatic heterocycles. The lowest BCUT2D eigenvalue weighted by Gasteiger charge is -2.27. The van der Waals surface area contributed by atoms with Crippen molar-refractivity contribution in [3.63, 3.8) is 0 Å². The number of rotatable bonds is 5. The van der Waals surface area contributed by atoms with Crippen molar-refractivity contribution in [3.05, 3.63) is 0 Å². The van der Waals surface area contributed by atoms with E-state index in [2.05, 4.69) is 4.90 Å². The van der Waals surface area contributed by atoms with Gasteiger partial charge in [0.1, 0.15) is 6.04 Å². The van der Waals surface area contributed by atoms with Crippen LogP contribution in [0.3, 0.4) is 0 Å². The van der Waals surface area contributed by atoms with Crippen molar-refractivity contribution in [2.45, 2.75) is 38.8 Å². The molecular formula is C11H21NO3. The van der Waals surface area contributed by atoms with Crippen molar-refractivity contribution in [1.82, 2.24) is 4.90 Å². The third-order valence-corrected chi connectivity index (χ3v) is 2.96. The second-order valence-electron chi connectivity index (χ2n) is 3.92. The summed E-state index contributed by atoms with van der Waals surface area (Å²) in [6.45, 7) is 6.45. The van der Waals surface area contributed by atoms with E-state index in [9.17, 15) is 4.79 Å². The van der Waals surface area contributed by atoms with Crippen molar-refractivity contribution in [3.8, 4) is 0 Å². The summed E-state index contributed by atoms with van der Waals surface area (Å²) in [6, 6.07) is -0.177. The van der Waals surface area contributed by atoms with E-state index in [0.717, 1.165) is 32.5 Å². The third kappa shape index (κ3) is 3.47. The van der Waals surface area contributed by atoms with Gasteiger partial charge in [-0.15, -0.1) is 0 Å². The number of hydrogen-bond donors (Lipinski definition) is 0. The van der Waals surface area contributed by atoms with E-state index in [1.807, 2.05) is 13.8 Å². The lowest BCUT2D eigenvalue weighted by molar-refractivity contribution is -0.146. The Morgan fingerprint density at radius 2 is 2.40 bits per heavy atom. The fourth-order valence-electron chi connectivity index (χ4n) is 1.93. The summed E-state index contributed by atoms with van der Waals surface area (Å²) in [5.74, 6) is -0.171. The van der Waals surface area contributed by atoms with E-state index in [1.54, 1.807) is 0 Å². The molecule has 4 nitrogen and oxygen atoms in total. The Bertz CT molecular complexity index is 202. The summed E-state index contributed by atoms with van der Waals surface area (Å²) < 4.78 is 10.3. The Labute approximate surface area is 91.5 Å². The summed E-state index contributed by atoms with van der Waals surface area (Å²) in [5.41, 5.74) is 0. The van der Waals surface area contributed by atoms with Crippen molar-refractivity contribution in [2.24, 2.45) is 0 Å². The molecule has 0 aromatic carbocycles. The first-order valence-electron chi connectivity index (χ1n) is 5.62. The molecule has 0 spiro atoms. The molecule has 0 amide bonds. The molecule has 2 unspecified atom stereocenters. The predicted octanol–water partition coefficient (Wildman–Crippen LogP) is 1.05. The maximum absolute atomic E-state index is 11.4. The smallest absolute Gasteiger partial charge is 0.322 e. The van der Waals surface area contributed by atoms with Gasteiger partial charge in [0, 0.05) is 13.2 Å². The summed E-state index contributed by atoms with van der Waals surface area (Å²) in [4.78, 5) is 13.5. The molecule has 1 aliphatic rings. The number of carbonyl (C=O) groups is 1. The van der Waals surface area contributed by atoms with Crippen LogP contribution in [0.2, 0.25) is 0 Å². The molecule has 0 N–H and O–H groups in total. The minimum Gasteiger partial charge on any atom is -0.468 e. The van der Waals surface area contributed by atoms with Gasteiger partial charge in [-0.2, -0.15) is 0 Å². The minimum absolute atomic E-state index is 0.171. The van der Waals surface area contributed by atoms with Gasteiger partial charge >= 0.3 is 5.97 Å². The molecule has 1 saturated heterocycles. The summed E-state index contributed by atoms with van der Waals surface area (Å²) >= 11 is 0. The molecule has 1 aliphatic heterocycles. The fourth-order valence-corrected chi connectivity index (χ4v) is 1.93. The van der Waals surface area contributed by atoms with Crippen molar-refractivity contribution in [1.29, 1.82) is 0 Å². The Morgan fingerprint density at radius 1 is 1.67 bits per heavy atom. The summed E-state index contributed by atoms with van der Waals surface area (Å²) in [6.07, 6.45) is 2.52. The highest BCUT2D eigenvalue weighted by molar-refractivity contribution is 5.75. The predicted molar refractivity (Wildman–Crippen MR) is 57.7 cm³/mol. The van der Waals surface area contributed by atoms with E-state index in [1.165, 1.54) is 7.11 Å². The highest BCUT2D eigenvalue weighted by atomic mass is 16.5. The molecule has 1 fully saturated rings. The molecular weight excluding hydrogens is 194 g/mol. The zero-order chi connectivity index (χ0) is 11.3. The Balaban J connectivity index is 2.42. The first-order valence-corrected chi connectivity index (χ1v) is 5.62. The maximum Gasteiger partial charge on any atom is 0.322 e. The van der Waals surface area contributed by atoms with Crippen LogP contribution in [0.25, 0.3) is 0 Å². The summed E-state index contributed by atoms with van der Waals surface area (Å²) in [7, 11) is 1.43. The van der Waals surface area contributed by atoms with Crippen molar-refractivity contribution >= 4 is 5.97 Å². The van der Waals surface area contributed by atoms with E-state index >= 15 is 0 Å². The van der Waals surface area contributed by atoms with Gasteiger partial charge in [0.05, 0.1) is 13.2 Å². The Kier molecular flexibility index (Phi) is 5.05. The molecule has 1 heterocycles. The number of carbonyl (C=O) groups excluding carboxylic acids is 1. The van der Waals surface area contributed by atoms with Crippen LogP contribution in [0, 0.1) is 0 Å². The van der Waals surface area contributed by atoms with Gasteiger partial charge in [-0.25, -0.2) is 0 Å².